The maximum Gasteiger partial charge on any atom is 0.145 e. The summed E-state index contributed by atoms with van der Waals surface area (Å²) in [6.07, 6.45) is 0. The molecule has 0 fully saturated rings. The Morgan fingerprint density at radius 2 is 1.00 bits per heavy atom. The number of hydrogen-bond donors (Lipinski definition) is 0. The molecule has 0 saturated carbocycles. The molecular formula is C54H34N2O. The van der Waals surface area contributed by atoms with E-state index in [2.05, 4.69) is 216 Å². The van der Waals surface area contributed by atoms with E-state index in [1.165, 1.54) is 54.1 Å². The van der Waals surface area contributed by atoms with Gasteiger partial charge in [-0.05, 0) is 105 Å². The molecule has 12 rings (SSSR count). The lowest BCUT2D eigenvalue weighted by molar-refractivity contribution is 0.670. The lowest BCUT2D eigenvalue weighted by Gasteiger charge is -2.27. The molecule has 57 heavy (non-hydrogen) atoms. The molecule has 2 heterocycles. The summed E-state index contributed by atoms with van der Waals surface area (Å²) in [5, 5.41) is 11.9. The summed E-state index contributed by atoms with van der Waals surface area (Å²) in [5.74, 6) is 0. The highest BCUT2D eigenvalue weighted by Crippen LogP contribution is 2.48. The molecular weight excluding hydrogens is 693 g/mol. The van der Waals surface area contributed by atoms with E-state index in [9.17, 15) is 0 Å². The Morgan fingerprint density at radius 3 is 1.88 bits per heavy atom. The minimum Gasteiger partial charge on any atom is -0.455 e. The zero-order valence-electron chi connectivity index (χ0n) is 30.9. The first-order valence-electron chi connectivity index (χ1n) is 19.5. The van der Waals surface area contributed by atoms with E-state index in [1.54, 1.807) is 0 Å². The third kappa shape index (κ3) is 4.86. The van der Waals surface area contributed by atoms with Crippen LogP contribution >= 0.6 is 0 Å². The van der Waals surface area contributed by atoms with Crippen molar-refractivity contribution >= 4 is 93.1 Å². The molecule has 3 heteroatoms. The highest BCUT2D eigenvalue weighted by molar-refractivity contribution is 6.19. The fourth-order valence-electron chi connectivity index (χ4n) is 9.19. The molecule has 0 spiro atoms. The van der Waals surface area contributed by atoms with Gasteiger partial charge < -0.3 is 13.9 Å². The first-order chi connectivity index (χ1) is 28.3. The van der Waals surface area contributed by atoms with Gasteiger partial charge >= 0.3 is 0 Å². The summed E-state index contributed by atoms with van der Waals surface area (Å²) < 4.78 is 9.29. The smallest absolute Gasteiger partial charge is 0.145 e. The van der Waals surface area contributed by atoms with E-state index >= 15 is 0 Å². The van der Waals surface area contributed by atoms with Crippen molar-refractivity contribution in [3.8, 4) is 16.8 Å². The van der Waals surface area contributed by atoms with Crippen molar-refractivity contribution in [1.82, 2.24) is 4.57 Å². The Hall–Kier alpha value is -7.62. The molecule has 0 saturated heterocycles. The van der Waals surface area contributed by atoms with Crippen molar-refractivity contribution in [2.75, 3.05) is 4.90 Å². The number of anilines is 3. The zero-order valence-corrected chi connectivity index (χ0v) is 30.9. The van der Waals surface area contributed by atoms with Crippen LogP contribution in [0.4, 0.5) is 17.1 Å². The Labute approximate surface area is 328 Å². The topological polar surface area (TPSA) is 21.3 Å². The number of fused-ring (bicyclic) bond motifs is 10. The molecule has 0 bridgehead atoms. The van der Waals surface area contributed by atoms with Gasteiger partial charge in [-0.1, -0.05) is 140 Å². The molecule has 0 amide bonds. The Bertz CT molecular complexity index is 3530. The Morgan fingerprint density at radius 1 is 0.368 bits per heavy atom. The molecule has 0 aliphatic rings. The van der Waals surface area contributed by atoms with Crippen molar-refractivity contribution in [3.63, 3.8) is 0 Å². The van der Waals surface area contributed by atoms with E-state index in [1.807, 2.05) is 0 Å². The standard InChI is InChI=1S/C54H34N2O/c1-2-16-38(17-3-1)56-49-23-10-8-20-45(49)48-34-40(28-31-50(48)56)55(39-27-29-43-37(33-39)26-25-36-14-5-6-18-41(36)43)51-32-30-46(44-22-12-15-35-13-4-7-19-42(35)44)54-53(51)47-21-9-11-24-52(47)57-54/h1-34H. The highest BCUT2D eigenvalue weighted by atomic mass is 16.3. The number of benzene rings is 10. The Balaban J connectivity index is 1.16. The van der Waals surface area contributed by atoms with E-state index in [-0.39, 0.29) is 0 Å². The van der Waals surface area contributed by atoms with E-state index in [0.29, 0.717) is 0 Å². The van der Waals surface area contributed by atoms with E-state index in [4.69, 9.17) is 4.42 Å². The SMILES string of the molecule is c1ccc(-n2c3ccccc3c3cc(N(c4ccc5c(ccc6ccccc65)c4)c4ccc(-c5cccc6ccccc56)c5oc6ccccc6c45)ccc32)cc1. The molecule has 0 radical (unpaired) electrons. The van der Waals surface area contributed by atoms with Crippen LogP contribution in [-0.2, 0) is 0 Å². The summed E-state index contributed by atoms with van der Waals surface area (Å²) in [6.45, 7) is 0. The van der Waals surface area contributed by atoms with Crippen LogP contribution in [0.2, 0.25) is 0 Å². The van der Waals surface area contributed by atoms with Gasteiger partial charge in [-0.2, -0.15) is 0 Å². The molecule has 0 aliphatic carbocycles. The molecule has 2 aromatic heterocycles. The van der Waals surface area contributed by atoms with Gasteiger partial charge in [0.2, 0.25) is 0 Å². The van der Waals surface area contributed by atoms with Gasteiger partial charge in [0.1, 0.15) is 11.2 Å². The summed E-state index contributed by atoms with van der Waals surface area (Å²) in [4.78, 5) is 2.43. The van der Waals surface area contributed by atoms with Gasteiger partial charge in [0, 0.05) is 38.8 Å². The molecule has 0 aliphatic heterocycles. The number of furan rings is 1. The van der Waals surface area contributed by atoms with Crippen LogP contribution in [0, 0.1) is 0 Å². The van der Waals surface area contributed by atoms with E-state index in [0.717, 1.165) is 55.8 Å². The first-order valence-corrected chi connectivity index (χ1v) is 19.5. The van der Waals surface area contributed by atoms with Crippen molar-refractivity contribution in [2.24, 2.45) is 0 Å². The molecule has 0 atom stereocenters. The van der Waals surface area contributed by atoms with Crippen LogP contribution in [0.1, 0.15) is 0 Å². The maximum atomic E-state index is 6.92. The van der Waals surface area contributed by atoms with Gasteiger partial charge in [0.25, 0.3) is 0 Å². The third-order valence-electron chi connectivity index (χ3n) is 11.7. The van der Waals surface area contributed by atoms with Crippen molar-refractivity contribution in [2.45, 2.75) is 0 Å². The third-order valence-corrected chi connectivity index (χ3v) is 11.7. The molecule has 0 unspecified atom stereocenters. The lowest BCUT2D eigenvalue weighted by Crippen LogP contribution is -2.10. The number of nitrogens with zero attached hydrogens (tertiary/aromatic N) is 2. The van der Waals surface area contributed by atoms with Crippen molar-refractivity contribution in [3.05, 3.63) is 206 Å². The number of aromatic nitrogens is 1. The molecule has 0 N–H and O–H groups in total. The molecule has 12 aromatic rings. The van der Waals surface area contributed by atoms with Crippen LogP contribution in [-0.4, -0.2) is 4.57 Å². The second-order valence-corrected chi connectivity index (χ2v) is 14.9. The van der Waals surface area contributed by atoms with Crippen LogP contribution < -0.4 is 4.90 Å². The summed E-state index contributed by atoms with van der Waals surface area (Å²) >= 11 is 0. The quantitative estimate of drug-likeness (QED) is 0.165. The van der Waals surface area contributed by atoms with Crippen LogP contribution in [0.5, 0.6) is 0 Å². The first kappa shape index (κ1) is 31.7. The van der Waals surface area contributed by atoms with Gasteiger partial charge in [0.15, 0.2) is 0 Å². The monoisotopic (exact) mass is 726 g/mol. The van der Waals surface area contributed by atoms with Gasteiger partial charge in [-0.25, -0.2) is 0 Å². The molecule has 10 aromatic carbocycles. The molecule has 266 valence electrons. The second kappa shape index (κ2) is 12.5. The number of rotatable bonds is 5. The second-order valence-electron chi connectivity index (χ2n) is 14.9. The van der Waals surface area contributed by atoms with E-state index < -0.39 is 0 Å². The minimum atomic E-state index is 0.868. The van der Waals surface area contributed by atoms with Gasteiger partial charge in [-0.3, -0.25) is 0 Å². The average Bonchev–Trinajstić information content (AvgIpc) is 3.83. The average molecular weight is 727 g/mol. The molecule has 3 nitrogen and oxygen atoms in total. The minimum absolute atomic E-state index is 0.868. The van der Waals surface area contributed by atoms with Crippen LogP contribution in [0.15, 0.2) is 211 Å². The van der Waals surface area contributed by atoms with Crippen molar-refractivity contribution in [1.29, 1.82) is 0 Å². The van der Waals surface area contributed by atoms with Gasteiger partial charge in [-0.15, -0.1) is 0 Å². The Kier molecular flexibility index (Phi) is 6.93. The predicted octanol–water partition coefficient (Wildman–Crippen LogP) is 15.3. The fourth-order valence-corrected chi connectivity index (χ4v) is 9.19. The zero-order chi connectivity index (χ0) is 37.5. The largest absolute Gasteiger partial charge is 0.455 e. The summed E-state index contributed by atoms with van der Waals surface area (Å²) in [5.41, 5.74) is 10.7. The maximum absolute atomic E-state index is 6.92. The van der Waals surface area contributed by atoms with Crippen molar-refractivity contribution < 1.29 is 4.42 Å². The predicted molar refractivity (Wildman–Crippen MR) is 241 cm³/mol. The summed E-state index contributed by atoms with van der Waals surface area (Å²) in [6, 6.07) is 74.5. The fraction of sp³-hybridized carbons (Fsp3) is 0. The number of hydrogen-bond acceptors (Lipinski definition) is 2. The van der Waals surface area contributed by atoms with Gasteiger partial charge in [0.05, 0.1) is 22.1 Å². The van der Waals surface area contributed by atoms with Crippen LogP contribution in [0.25, 0.3) is 92.9 Å². The number of para-hydroxylation sites is 3. The highest BCUT2D eigenvalue weighted by Gasteiger charge is 2.24. The van der Waals surface area contributed by atoms with Crippen LogP contribution in [0.3, 0.4) is 0 Å². The summed E-state index contributed by atoms with van der Waals surface area (Å²) in [7, 11) is 0. The normalized spacial score (nSPS) is 11.9. The lowest BCUT2D eigenvalue weighted by atomic mass is 9.95.